The van der Waals surface area contributed by atoms with Crippen molar-refractivity contribution in [2.45, 2.75) is 57.7 Å². The second-order valence-electron chi connectivity index (χ2n) is 5.30. The molecule has 2 aliphatic heterocycles. The van der Waals surface area contributed by atoms with E-state index in [0.29, 0.717) is 12.1 Å². The first-order chi connectivity index (χ1) is 7.83. The molecule has 2 unspecified atom stereocenters. The molecule has 2 heterocycles. The fourth-order valence-corrected chi connectivity index (χ4v) is 3.60. The topological polar surface area (TPSA) is 3.24 Å². The molecule has 2 bridgehead atoms. The number of hydrogen-bond donors (Lipinski definition) is 0. The van der Waals surface area contributed by atoms with Crippen molar-refractivity contribution in [1.82, 2.24) is 4.90 Å². The second kappa shape index (κ2) is 3.89. The average molecular weight is 215 g/mol. The van der Waals surface area contributed by atoms with Gasteiger partial charge < -0.3 is 0 Å². The second-order valence-corrected chi connectivity index (χ2v) is 5.30. The molecule has 1 fully saturated rings. The first-order valence-electron chi connectivity index (χ1n) is 6.69. The van der Waals surface area contributed by atoms with Crippen LogP contribution in [0.25, 0.3) is 0 Å². The Hall–Kier alpha value is -0.820. The number of rotatable bonds is 2. The van der Waals surface area contributed by atoms with Gasteiger partial charge in [-0.25, -0.2) is 0 Å². The lowest BCUT2D eigenvalue weighted by molar-refractivity contribution is 0.0647. The van der Waals surface area contributed by atoms with E-state index in [-0.39, 0.29) is 0 Å². The molecule has 0 amide bonds. The minimum Gasteiger partial charge on any atom is -0.287 e. The summed E-state index contributed by atoms with van der Waals surface area (Å²) in [5, 5.41) is 0. The zero-order valence-electron chi connectivity index (χ0n) is 10.3. The maximum absolute atomic E-state index is 2.77. The third-order valence-electron chi connectivity index (χ3n) is 4.49. The first kappa shape index (κ1) is 10.3. The first-order valence-corrected chi connectivity index (χ1v) is 6.69. The van der Waals surface area contributed by atoms with E-state index in [1.807, 2.05) is 0 Å². The van der Waals surface area contributed by atoms with Crippen LogP contribution in [0.2, 0.25) is 0 Å². The van der Waals surface area contributed by atoms with Crippen molar-refractivity contribution in [1.29, 1.82) is 0 Å². The van der Waals surface area contributed by atoms with Crippen LogP contribution in [0.15, 0.2) is 24.3 Å². The molecule has 0 spiro atoms. The number of benzene rings is 1. The summed E-state index contributed by atoms with van der Waals surface area (Å²) in [5.41, 5.74) is 3.23. The summed E-state index contributed by atoms with van der Waals surface area (Å²) in [4.78, 5) is 2.77. The minimum absolute atomic E-state index is 0.713. The number of piperidine rings is 1. The van der Waals surface area contributed by atoms with Gasteiger partial charge in [-0.15, -0.1) is 0 Å². The van der Waals surface area contributed by atoms with E-state index in [9.17, 15) is 0 Å². The van der Waals surface area contributed by atoms with Crippen LogP contribution in [0.3, 0.4) is 0 Å². The molecule has 0 aromatic heterocycles. The molecule has 0 N–H and O–H groups in total. The van der Waals surface area contributed by atoms with E-state index in [1.54, 1.807) is 11.1 Å². The van der Waals surface area contributed by atoms with Gasteiger partial charge in [-0.2, -0.15) is 0 Å². The monoisotopic (exact) mass is 215 g/mol. The predicted molar refractivity (Wildman–Crippen MR) is 67.4 cm³/mol. The van der Waals surface area contributed by atoms with Crippen molar-refractivity contribution in [3.05, 3.63) is 35.4 Å². The molecule has 3 atom stereocenters. The Balaban J connectivity index is 2.03. The van der Waals surface area contributed by atoms with E-state index in [1.165, 1.54) is 25.7 Å². The van der Waals surface area contributed by atoms with E-state index in [2.05, 4.69) is 43.0 Å². The summed E-state index contributed by atoms with van der Waals surface area (Å²) >= 11 is 0. The van der Waals surface area contributed by atoms with Gasteiger partial charge in [0.15, 0.2) is 0 Å². The fraction of sp³-hybridized carbons (Fsp3) is 0.600. The van der Waals surface area contributed by atoms with Crippen LogP contribution in [0.4, 0.5) is 0 Å². The maximum Gasteiger partial charge on any atom is 0.0360 e. The smallest absolute Gasteiger partial charge is 0.0360 e. The Kier molecular flexibility index (Phi) is 2.51. The molecule has 1 aromatic carbocycles. The van der Waals surface area contributed by atoms with Gasteiger partial charge in [0.2, 0.25) is 0 Å². The number of hydrogen-bond acceptors (Lipinski definition) is 1. The van der Waals surface area contributed by atoms with Gasteiger partial charge in [0.05, 0.1) is 0 Å². The summed E-state index contributed by atoms with van der Waals surface area (Å²) < 4.78 is 0. The molecule has 1 nitrogen and oxygen atoms in total. The van der Waals surface area contributed by atoms with Crippen molar-refractivity contribution in [3.63, 3.8) is 0 Å². The number of nitrogens with zero attached hydrogens (tertiary/aromatic N) is 1. The van der Waals surface area contributed by atoms with Crippen molar-refractivity contribution < 1.29 is 0 Å². The quantitative estimate of drug-likeness (QED) is 0.719. The molecule has 3 rings (SSSR count). The van der Waals surface area contributed by atoms with Crippen molar-refractivity contribution in [3.8, 4) is 0 Å². The largest absolute Gasteiger partial charge is 0.287 e. The van der Waals surface area contributed by atoms with Crippen molar-refractivity contribution in [2.75, 3.05) is 0 Å². The molecule has 1 aromatic rings. The maximum atomic E-state index is 2.77. The molecule has 86 valence electrons. The van der Waals surface area contributed by atoms with E-state index < -0.39 is 0 Å². The lowest BCUT2D eigenvalue weighted by atomic mass is 9.98. The highest BCUT2D eigenvalue weighted by Gasteiger charge is 2.42. The van der Waals surface area contributed by atoms with Crippen LogP contribution in [-0.4, -0.2) is 10.9 Å². The zero-order valence-corrected chi connectivity index (χ0v) is 10.3. The molecule has 16 heavy (non-hydrogen) atoms. The Morgan fingerprint density at radius 1 is 1.19 bits per heavy atom. The summed E-state index contributed by atoms with van der Waals surface area (Å²) in [6.07, 6.45) is 5.38. The third-order valence-corrected chi connectivity index (χ3v) is 4.49. The van der Waals surface area contributed by atoms with Crippen LogP contribution in [0.5, 0.6) is 0 Å². The zero-order chi connectivity index (χ0) is 11.1. The Morgan fingerprint density at radius 3 is 2.25 bits per heavy atom. The third kappa shape index (κ3) is 1.34. The lowest BCUT2D eigenvalue weighted by Crippen LogP contribution is -2.37. The normalized spacial score (nSPS) is 30.1. The van der Waals surface area contributed by atoms with Crippen LogP contribution < -0.4 is 0 Å². The van der Waals surface area contributed by atoms with Gasteiger partial charge in [-0.3, -0.25) is 4.90 Å². The summed E-state index contributed by atoms with van der Waals surface area (Å²) in [7, 11) is 0. The van der Waals surface area contributed by atoms with Gasteiger partial charge in [0.25, 0.3) is 0 Å². The van der Waals surface area contributed by atoms with Gasteiger partial charge >= 0.3 is 0 Å². The van der Waals surface area contributed by atoms with E-state index in [0.717, 1.165) is 6.04 Å². The molecule has 1 heteroatoms. The highest BCUT2D eigenvalue weighted by atomic mass is 15.2. The van der Waals surface area contributed by atoms with E-state index >= 15 is 0 Å². The van der Waals surface area contributed by atoms with Gasteiger partial charge in [0, 0.05) is 18.1 Å². The molecule has 0 saturated carbocycles. The van der Waals surface area contributed by atoms with Crippen LogP contribution in [0.1, 0.15) is 62.7 Å². The van der Waals surface area contributed by atoms with Crippen molar-refractivity contribution in [2.24, 2.45) is 0 Å². The Morgan fingerprint density at radius 2 is 1.75 bits per heavy atom. The average Bonchev–Trinajstić information content (AvgIpc) is 2.54. The molecule has 2 aliphatic rings. The standard InChI is InChI=1S/C15H21N/c1-3-11(2)16-14-9-6-10-15(16)13-8-5-4-7-12(13)14/h4-5,7-8,11,14-15H,3,6,9-10H2,1-2H3/t11-,14?,15?/m1/s1. The minimum atomic E-state index is 0.713. The van der Waals surface area contributed by atoms with E-state index in [4.69, 9.17) is 0 Å². The molecule has 0 radical (unpaired) electrons. The number of fused-ring (bicyclic) bond motifs is 5. The summed E-state index contributed by atoms with van der Waals surface area (Å²) in [5.74, 6) is 0. The molecule has 0 aliphatic carbocycles. The lowest BCUT2D eigenvalue weighted by Gasteiger charge is -2.39. The summed E-state index contributed by atoms with van der Waals surface area (Å²) in [6, 6.07) is 11.3. The summed E-state index contributed by atoms with van der Waals surface area (Å²) in [6.45, 7) is 4.70. The molecular weight excluding hydrogens is 194 g/mol. The Labute approximate surface area is 98.5 Å². The van der Waals surface area contributed by atoms with Crippen molar-refractivity contribution >= 4 is 0 Å². The van der Waals surface area contributed by atoms with Gasteiger partial charge in [-0.1, -0.05) is 31.2 Å². The van der Waals surface area contributed by atoms with Crippen LogP contribution in [0, 0.1) is 0 Å². The molecule has 1 saturated heterocycles. The highest BCUT2D eigenvalue weighted by Crippen LogP contribution is 2.51. The fourth-order valence-electron chi connectivity index (χ4n) is 3.60. The van der Waals surface area contributed by atoms with Gasteiger partial charge in [0.1, 0.15) is 0 Å². The SMILES string of the molecule is CC[C@@H](C)N1C2CCCC1c1ccccc12. The van der Waals surface area contributed by atoms with Crippen LogP contribution in [-0.2, 0) is 0 Å². The van der Waals surface area contributed by atoms with Gasteiger partial charge in [-0.05, 0) is 43.7 Å². The predicted octanol–water partition coefficient (Wildman–Crippen LogP) is 4.07. The van der Waals surface area contributed by atoms with Crippen LogP contribution >= 0.6 is 0 Å². The Bertz CT molecular complexity index is 354. The molecular formula is C15H21N. The highest BCUT2D eigenvalue weighted by molar-refractivity contribution is 5.38.